The third-order valence-corrected chi connectivity index (χ3v) is 4.04. The first kappa shape index (κ1) is 10.8. The molecule has 2 heteroatoms. The van der Waals surface area contributed by atoms with E-state index in [-0.39, 0.29) is 0 Å². The van der Waals surface area contributed by atoms with Gasteiger partial charge in [0.05, 0.1) is 0 Å². The Morgan fingerprint density at radius 3 is 2.88 bits per heavy atom. The van der Waals surface area contributed by atoms with Crippen molar-refractivity contribution in [3.8, 4) is 0 Å². The van der Waals surface area contributed by atoms with Crippen molar-refractivity contribution in [1.29, 1.82) is 0 Å². The van der Waals surface area contributed by atoms with Crippen LogP contribution in [0.1, 0.15) is 24.8 Å². The quantitative estimate of drug-likeness (QED) is 0.836. The molecule has 0 aromatic heterocycles. The molecule has 0 radical (unpaired) electrons. The van der Waals surface area contributed by atoms with E-state index < -0.39 is 0 Å². The van der Waals surface area contributed by atoms with Crippen molar-refractivity contribution in [3.63, 3.8) is 0 Å². The first-order valence-corrected chi connectivity index (χ1v) is 6.54. The molecular formula is C15H20N2. The Hall–Kier alpha value is -1.28. The molecule has 1 saturated heterocycles. The summed E-state index contributed by atoms with van der Waals surface area (Å²) in [5.74, 6) is 0. The predicted octanol–water partition coefficient (Wildman–Crippen LogP) is 2.53. The van der Waals surface area contributed by atoms with E-state index in [1.807, 2.05) is 0 Å². The number of hydrogen-bond donors (Lipinski definition) is 1. The molecule has 2 fully saturated rings. The number of fused-ring (bicyclic) bond motifs is 2. The topological polar surface area (TPSA) is 15.3 Å². The van der Waals surface area contributed by atoms with E-state index in [0.717, 1.165) is 19.1 Å². The van der Waals surface area contributed by atoms with Crippen molar-refractivity contribution in [2.24, 2.45) is 0 Å². The molecule has 2 nitrogen and oxygen atoms in total. The zero-order valence-electron chi connectivity index (χ0n) is 10.2. The number of hydrogen-bond acceptors (Lipinski definition) is 2. The van der Waals surface area contributed by atoms with Crippen molar-refractivity contribution in [2.45, 2.75) is 37.9 Å². The van der Waals surface area contributed by atoms with Crippen molar-refractivity contribution < 1.29 is 0 Å². The van der Waals surface area contributed by atoms with E-state index in [2.05, 4.69) is 47.1 Å². The van der Waals surface area contributed by atoms with Crippen LogP contribution in [0.5, 0.6) is 0 Å². The van der Waals surface area contributed by atoms with E-state index in [4.69, 9.17) is 0 Å². The van der Waals surface area contributed by atoms with Crippen LogP contribution in [0.25, 0.3) is 0 Å². The van der Waals surface area contributed by atoms with Gasteiger partial charge in [0.1, 0.15) is 0 Å². The lowest BCUT2D eigenvalue weighted by Gasteiger charge is -2.31. The fourth-order valence-electron chi connectivity index (χ4n) is 3.07. The van der Waals surface area contributed by atoms with Crippen LogP contribution < -0.4 is 5.32 Å². The molecule has 2 aliphatic rings. The molecule has 1 N–H and O–H groups in total. The van der Waals surface area contributed by atoms with Crippen LogP contribution >= 0.6 is 0 Å². The minimum absolute atomic E-state index is 0.697. The molecule has 0 amide bonds. The average molecular weight is 228 g/mol. The molecule has 2 bridgehead atoms. The Morgan fingerprint density at radius 2 is 2.06 bits per heavy atom. The standard InChI is InChI=1S/C15H20N2/c1-12-10-16-14-7-8-15(9-14)17(12)11-13-5-3-2-4-6-13/h2-6,14-16H,1,7-11H2. The number of rotatable bonds is 2. The van der Waals surface area contributed by atoms with Gasteiger partial charge in [-0.3, -0.25) is 0 Å². The largest absolute Gasteiger partial charge is 0.367 e. The molecule has 0 spiro atoms. The first-order valence-electron chi connectivity index (χ1n) is 6.54. The molecule has 1 aromatic carbocycles. The molecule has 1 aromatic rings. The van der Waals surface area contributed by atoms with Gasteiger partial charge in [-0.1, -0.05) is 36.9 Å². The summed E-state index contributed by atoms with van der Waals surface area (Å²) in [6.45, 7) is 6.20. The molecule has 90 valence electrons. The van der Waals surface area contributed by atoms with Gasteiger partial charge in [0.2, 0.25) is 0 Å². The Labute approximate surface area is 103 Å². The van der Waals surface area contributed by atoms with Crippen LogP contribution in [0, 0.1) is 0 Å². The second-order valence-electron chi connectivity index (χ2n) is 5.22. The third-order valence-electron chi connectivity index (χ3n) is 4.04. The number of nitrogens with zero attached hydrogens (tertiary/aromatic N) is 1. The lowest BCUT2D eigenvalue weighted by molar-refractivity contribution is 0.250. The van der Waals surface area contributed by atoms with Crippen molar-refractivity contribution in [2.75, 3.05) is 6.54 Å². The highest BCUT2D eigenvalue weighted by molar-refractivity contribution is 5.17. The maximum absolute atomic E-state index is 4.23. The molecule has 3 rings (SSSR count). The summed E-state index contributed by atoms with van der Waals surface area (Å²) in [5.41, 5.74) is 2.64. The van der Waals surface area contributed by atoms with Crippen LogP contribution in [0.15, 0.2) is 42.6 Å². The first-order chi connectivity index (χ1) is 8.33. The SMILES string of the molecule is C=C1CNC2CCC(C2)N1Cc1ccccc1. The maximum atomic E-state index is 4.23. The van der Waals surface area contributed by atoms with Crippen LogP contribution in [0.4, 0.5) is 0 Å². The van der Waals surface area contributed by atoms with Gasteiger partial charge in [0, 0.05) is 30.9 Å². The molecule has 2 atom stereocenters. The smallest absolute Gasteiger partial charge is 0.0429 e. The molecule has 1 aliphatic carbocycles. The lowest BCUT2D eigenvalue weighted by atomic mass is 10.1. The fourth-order valence-corrected chi connectivity index (χ4v) is 3.07. The summed E-state index contributed by atoms with van der Waals surface area (Å²) in [6.07, 6.45) is 3.92. The van der Waals surface area contributed by atoms with Gasteiger partial charge in [-0.25, -0.2) is 0 Å². The third kappa shape index (κ3) is 2.22. The number of benzene rings is 1. The Bertz CT molecular complexity index is 399. The van der Waals surface area contributed by atoms with E-state index in [9.17, 15) is 0 Å². The van der Waals surface area contributed by atoms with Crippen molar-refractivity contribution in [1.82, 2.24) is 10.2 Å². The zero-order chi connectivity index (χ0) is 11.7. The highest BCUT2D eigenvalue weighted by atomic mass is 15.2. The van der Waals surface area contributed by atoms with E-state index in [1.165, 1.54) is 30.5 Å². The number of nitrogens with one attached hydrogen (secondary N) is 1. The van der Waals surface area contributed by atoms with Crippen LogP contribution in [-0.4, -0.2) is 23.5 Å². The van der Waals surface area contributed by atoms with E-state index in [0.29, 0.717) is 6.04 Å². The van der Waals surface area contributed by atoms with Crippen molar-refractivity contribution >= 4 is 0 Å². The molecule has 17 heavy (non-hydrogen) atoms. The zero-order valence-corrected chi connectivity index (χ0v) is 10.2. The Balaban J connectivity index is 1.78. The van der Waals surface area contributed by atoms with Crippen molar-refractivity contribution in [3.05, 3.63) is 48.2 Å². The van der Waals surface area contributed by atoms with Gasteiger partial charge >= 0.3 is 0 Å². The highest BCUT2D eigenvalue weighted by Crippen LogP contribution is 2.30. The van der Waals surface area contributed by atoms with Crippen LogP contribution in [-0.2, 0) is 6.54 Å². The summed E-state index contributed by atoms with van der Waals surface area (Å²) in [7, 11) is 0. The maximum Gasteiger partial charge on any atom is 0.0429 e. The Kier molecular flexibility index (Phi) is 2.89. The Morgan fingerprint density at radius 1 is 1.24 bits per heavy atom. The summed E-state index contributed by atoms with van der Waals surface area (Å²) in [4.78, 5) is 2.51. The summed E-state index contributed by atoms with van der Waals surface area (Å²) in [5, 5.41) is 3.60. The molecule has 1 heterocycles. The van der Waals surface area contributed by atoms with E-state index in [1.54, 1.807) is 0 Å². The highest BCUT2D eigenvalue weighted by Gasteiger charge is 2.32. The van der Waals surface area contributed by atoms with Gasteiger partial charge in [0.15, 0.2) is 0 Å². The van der Waals surface area contributed by atoms with Gasteiger partial charge in [-0.15, -0.1) is 0 Å². The second kappa shape index (κ2) is 4.53. The minimum Gasteiger partial charge on any atom is -0.367 e. The van der Waals surface area contributed by atoms with Gasteiger partial charge in [0.25, 0.3) is 0 Å². The normalized spacial score (nSPS) is 28.2. The van der Waals surface area contributed by atoms with Crippen LogP contribution in [0.2, 0.25) is 0 Å². The van der Waals surface area contributed by atoms with Gasteiger partial charge in [-0.2, -0.15) is 0 Å². The molecule has 1 aliphatic heterocycles. The summed E-state index contributed by atoms with van der Waals surface area (Å²) >= 11 is 0. The predicted molar refractivity (Wildman–Crippen MR) is 70.6 cm³/mol. The van der Waals surface area contributed by atoms with Gasteiger partial charge in [-0.05, 0) is 24.8 Å². The fraction of sp³-hybridized carbons (Fsp3) is 0.467. The lowest BCUT2D eigenvalue weighted by Crippen LogP contribution is -2.33. The van der Waals surface area contributed by atoms with E-state index >= 15 is 0 Å². The summed E-state index contributed by atoms with van der Waals surface area (Å²) < 4.78 is 0. The minimum atomic E-state index is 0.697. The molecular weight excluding hydrogens is 208 g/mol. The van der Waals surface area contributed by atoms with Crippen LogP contribution in [0.3, 0.4) is 0 Å². The summed E-state index contributed by atoms with van der Waals surface area (Å²) in [6, 6.07) is 12.1. The molecule has 2 unspecified atom stereocenters. The second-order valence-corrected chi connectivity index (χ2v) is 5.22. The monoisotopic (exact) mass is 228 g/mol. The van der Waals surface area contributed by atoms with Gasteiger partial charge < -0.3 is 10.2 Å². The average Bonchev–Trinajstić information content (AvgIpc) is 2.77. The molecule has 1 saturated carbocycles.